The Kier molecular flexibility index (Phi) is 7.22. The van der Waals surface area contributed by atoms with Gasteiger partial charge in [0.15, 0.2) is 6.61 Å². The van der Waals surface area contributed by atoms with Crippen molar-refractivity contribution in [2.24, 2.45) is 0 Å². The first-order valence-corrected chi connectivity index (χ1v) is 10.6. The number of rotatable bonds is 8. The summed E-state index contributed by atoms with van der Waals surface area (Å²) in [6.45, 7) is -1.50. The molecule has 0 aliphatic rings. The summed E-state index contributed by atoms with van der Waals surface area (Å²) in [4.78, 5) is 22.0. The van der Waals surface area contributed by atoms with Crippen molar-refractivity contribution < 1.29 is 35.6 Å². The molecular formula is C22H17F6N7O2. The van der Waals surface area contributed by atoms with Gasteiger partial charge in [0.1, 0.15) is 5.82 Å². The molecule has 0 fully saturated rings. The average Bonchev–Trinajstić information content (AvgIpc) is 3.36. The summed E-state index contributed by atoms with van der Waals surface area (Å²) < 4.78 is 85.1. The Morgan fingerprint density at radius 3 is 2.27 bits per heavy atom. The van der Waals surface area contributed by atoms with Crippen LogP contribution in [0.15, 0.2) is 53.2 Å². The summed E-state index contributed by atoms with van der Waals surface area (Å²) in [5, 5.41) is 3.79. The van der Waals surface area contributed by atoms with Crippen molar-refractivity contribution in [3.63, 3.8) is 0 Å². The zero-order valence-electron chi connectivity index (χ0n) is 19.0. The molecule has 0 bridgehead atoms. The molecule has 0 aliphatic heterocycles. The van der Waals surface area contributed by atoms with Gasteiger partial charge in [-0.15, -0.1) is 0 Å². The lowest BCUT2D eigenvalue weighted by molar-refractivity contribution is -0.154. The van der Waals surface area contributed by atoms with E-state index >= 15 is 0 Å². The number of pyridine rings is 1. The third-order valence-electron chi connectivity index (χ3n) is 4.74. The van der Waals surface area contributed by atoms with Gasteiger partial charge in [-0.1, -0.05) is 23.4 Å². The van der Waals surface area contributed by atoms with E-state index in [0.29, 0.717) is 5.69 Å². The van der Waals surface area contributed by atoms with E-state index in [9.17, 15) is 26.3 Å². The Balaban J connectivity index is 1.61. The number of nitrogens with zero attached hydrogens (tertiary/aromatic N) is 7. The molecule has 0 atom stereocenters. The molecule has 1 aromatic carbocycles. The van der Waals surface area contributed by atoms with Crippen molar-refractivity contribution in [3.8, 4) is 29.0 Å². The minimum Gasteiger partial charge on any atom is -0.468 e. The number of ether oxygens (including phenoxy) is 1. The largest absolute Gasteiger partial charge is 0.468 e. The van der Waals surface area contributed by atoms with Crippen LogP contribution in [0.3, 0.4) is 0 Å². The van der Waals surface area contributed by atoms with Gasteiger partial charge in [0, 0.05) is 31.4 Å². The van der Waals surface area contributed by atoms with E-state index in [0.717, 1.165) is 0 Å². The quantitative estimate of drug-likeness (QED) is 0.288. The molecule has 0 amide bonds. The fourth-order valence-electron chi connectivity index (χ4n) is 2.97. The minimum atomic E-state index is -4.52. The highest BCUT2D eigenvalue weighted by Gasteiger charge is 2.29. The van der Waals surface area contributed by atoms with Gasteiger partial charge in [0.05, 0.1) is 12.0 Å². The minimum absolute atomic E-state index is 0.0626. The monoisotopic (exact) mass is 525 g/mol. The number of halogens is 6. The first-order chi connectivity index (χ1) is 17.5. The molecule has 3 heterocycles. The van der Waals surface area contributed by atoms with Gasteiger partial charge in [-0.3, -0.25) is 0 Å². The summed E-state index contributed by atoms with van der Waals surface area (Å²) in [7, 11) is 1.64. The van der Waals surface area contributed by atoms with E-state index < -0.39 is 31.8 Å². The van der Waals surface area contributed by atoms with Crippen LogP contribution in [0.1, 0.15) is 12.2 Å². The maximum atomic E-state index is 12.8. The number of hydrogen-bond donors (Lipinski definition) is 0. The third kappa shape index (κ3) is 7.11. The van der Waals surface area contributed by atoms with Gasteiger partial charge in [-0.2, -0.15) is 41.3 Å². The maximum absolute atomic E-state index is 12.8. The van der Waals surface area contributed by atoms with Crippen LogP contribution in [0.5, 0.6) is 5.88 Å². The van der Waals surface area contributed by atoms with Crippen LogP contribution in [-0.4, -0.2) is 56.1 Å². The number of benzene rings is 1. The van der Waals surface area contributed by atoms with Crippen molar-refractivity contribution in [2.75, 3.05) is 18.6 Å². The van der Waals surface area contributed by atoms with Crippen LogP contribution in [0, 0.1) is 0 Å². The predicted octanol–water partition coefficient (Wildman–Crippen LogP) is 5.19. The SMILES string of the molecule is CN(c1ccccc1)c1nc(CCC(F)(F)F)nc(-c2noc(-c3ccc(OCC(F)(F)F)nc3)n2)n1. The maximum Gasteiger partial charge on any atom is 0.422 e. The lowest BCUT2D eigenvalue weighted by Gasteiger charge is -2.18. The van der Waals surface area contributed by atoms with Crippen molar-refractivity contribution in [2.45, 2.75) is 25.2 Å². The van der Waals surface area contributed by atoms with E-state index in [2.05, 4.69) is 34.8 Å². The molecule has 0 saturated heterocycles. The van der Waals surface area contributed by atoms with E-state index in [1.165, 1.54) is 18.3 Å². The first-order valence-electron chi connectivity index (χ1n) is 10.6. The van der Waals surface area contributed by atoms with E-state index in [1.807, 2.05) is 0 Å². The van der Waals surface area contributed by atoms with Crippen molar-refractivity contribution in [1.29, 1.82) is 0 Å². The number of aryl methyl sites for hydroxylation is 1. The molecule has 4 rings (SSSR count). The number of aromatic nitrogens is 6. The van der Waals surface area contributed by atoms with Gasteiger partial charge in [-0.25, -0.2) is 9.97 Å². The van der Waals surface area contributed by atoms with Crippen molar-refractivity contribution in [1.82, 2.24) is 30.1 Å². The van der Waals surface area contributed by atoms with Crippen LogP contribution in [-0.2, 0) is 6.42 Å². The summed E-state index contributed by atoms with van der Waals surface area (Å²) >= 11 is 0. The smallest absolute Gasteiger partial charge is 0.422 e. The summed E-state index contributed by atoms with van der Waals surface area (Å²) in [6.07, 6.45) is -9.40. The van der Waals surface area contributed by atoms with Gasteiger partial charge in [-0.05, 0) is 18.2 Å². The molecular weight excluding hydrogens is 508 g/mol. The van der Waals surface area contributed by atoms with Crippen LogP contribution < -0.4 is 9.64 Å². The van der Waals surface area contributed by atoms with Crippen molar-refractivity contribution >= 4 is 11.6 Å². The Bertz CT molecular complexity index is 1330. The molecule has 3 aromatic heterocycles. The Morgan fingerprint density at radius 1 is 0.865 bits per heavy atom. The van der Waals surface area contributed by atoms with Gasteiger partial charge < -0.3 is 14.2 Å². The summed E-state index contributed by atoms with van der Waals surface area (Å²) in [5.74, 6) is -0.656. The standard InChI is InChI=1S/C22H17F6N7O2/c1-35(14-5-3-2-4-6-14)20-31-15(9-10-21(23,24)25)30-17(33-20)18-32-19(37-34-18)13-7-8-16(29-11-13)36-12-22(26,27)28/h2-8,11H,9-10,12H2,1H3. The van der Waals surface area contributed by atoms with Gasteiger partial charge in [0.2, 0.25) is 23.5 Å². The Hall–Kier alpha value is -4.30. The number of anilines is 2. The number of para-hydroxylation sites is 1. The molecule has 0 N–H and O–H groups in total. The number of alkyl halides is 6. The second-order valence-corrected chi connectivity index (χ2v) is 7.60. The topological polar surface area (TPSA) is 103 Å². The highest BCUT2D eigenvalue weighted by molar-refractivity contribution is 5.59. The van der Waals surface area contributed by atoms with Crippen LogP contribution in [0.4, 0.5) is 38.0 Å². The highest BCUT2D eigenvalue weighted by Crippen LogP contribution is 2.26. The zero-order chi connectivity index (χ0) is 26.6. The third-order valence-corrected chi connectivity index (χ3v) is 4.74. The number of hydrogen-bond acceptors (Lipinski definition) is 9. The van der Waals surface area contributed by atoms with Crippen LogP contribution in [0.2, 0.25) is 0 Å². The predicted molar refractivity (Wildman–Crippen MR) is 117 cm³/mol. The normalized spacial score (nSPS) is 12.0. The van der Waals surface area contributed by atoms with E-state index in [1.54, 1.807) is 42.3 Å². The molecule has 15 heteroatoms. The lowest BCUT2D eigenvalue weighted by Crippen LogP contribution is -2.19. The second kappa shape index (κ2) is 10.4. The van der Waals surface area contributed by atoms with Crippen LogP contribution >= 0.6 is 0 Å². The molecule has 37 heavy (non-hydrogen) atoms. The summed E-state index contributed by atoms with van der Waals surface area (Å²) in [6, 6.07) is 11.4. The van der Waals surface area contributed by atoms with Gasteiger partial charge in [0.25, 0.3) is 5.89 Å². The van der Waals surface area contributed by atoms with E-state index in [4.69, 9.17) is 4.52 Å². The second-order valence-electron chi connectivity index (χ2n) is 7.60. The molecule has 0 saturated carbocycles. The van der Waals surface area contributed by atoms with Crippen molar-refractivity contribution in [3.05, 3.63) is 54.5 Å². The summed E-state index contributed by atoms with van der Waals surface area (Å²) in [5.41, 5.74) is 0.931. The molecule has 0 radical (unpaired) electrons. The molecule has 0 spiro atoms. The molecule has 9 nitrogen and oxygen atoms in total. The van der Waals surface area contributed by atoms with Crippen LogP contribution in [0.25, 0.3) is 23.1 Å². The highest BCUT2D eigenvalue weighted by atomic mass is 19.4. The molecule has 0 aliphatic carbocycles. The lowest BCUT2D eigenvalue weighted by atomic mass is 10.3. The Labute approximate surface area is 205 Å². The molecule has 0 unspecified atom stereocenters. The molecule has 4 aromatic rings. The van der Waals surface area contributed by atoms with Gasteiger partial charge >= 0.3 is 12.4 Å². The zero-order valence-corrected chi connectivity index (χ0v) is 19.0. The van der Waals surface area contributed by atoms with E-state index in [-0.39, 0.29) is 40.8 Å². The Morgan fingerprint density at radius 2 is 1.62 bits per heavy atom. The fourth-order valence-corrected chi connectivity index (χ4v) is 2.97. The fraction of sp³-hybridized carbons (Fsp3) is 0.273. The molecule has 194 valence electrons. The first kappa shape index (κ1) is 25.8. The average molecular weight is 525 g/mol.